The van der Waals surface area contributed by atoms with E-state index in [0.29, 0.717) is 11.5 Å². The molecular weight excluding hydrogens is 508 g/mol. The third-order valence-corrected chi connectivity index (χ3v) is 7.06. The first-order chi connectivity index (χ1) is 17.1. The molecule has 0 amide bonds. The molecule has 1 aliphatic rings. The lowest BCUT2D eigenvalue weighted by atomic mass is 10.0. The molecule has 1 aliphatic heterocycles. The summed E-state index contributed by atoms with van der Waals surface area (Å²) in [7, 11) is 6.79. The molecule has 7 heteroatoms. The molecule has 35 heavy (non-hydrogen) atoms. The highest BCUT2D eigenvalue weighted by Crippen LogP contribution is 2.42. The van der Waals surface area contributed by atoms with Crippen LogP contribution in [0.25, 0.3) is 0 Å². The van der Waals surface area contributed by atoms with Crippen molar-refractivity contribution in [1.29, 1.82) is 0 Å². The summed E-state index contributed by atoms with van der Waals surface area (Å²) in [5.74, 6) is 3.21. The topological polar surface area (TPSA) is 43.4 Å². The summed E-state index contributed by atoms with van der Waals surface area (Å²) in [6.07, 6.45) is 1.09. The molecule has 0 aliphatic carbocycles. The number of nitrogens with zero attached hydrogens (tertiary/aromatic N) is 2. The second-order valence-electron chi connectivity index (χ2n) is 8.53. The molecule has 0 N–H and O–H groups in total. The molecule has 6 nitrogen and oxygen atoms in total. The highest BCUT2D eigenvalue weighted by Gasteiger charge is 2.33. The first-order valence-electron chi connectivity index (χ1n) is 11.7. The van der Waals surface area contributed by atoms with E-state index in [-0.39, 0.29) is 6.17 Å². The maximum Gasteiger partial charge on any atom is 0.174 e. The molecule has 186 valence electrons. The molecule has 1 heterocycles. The summed E-state index contributed by atoms with van der Waals surface area (Å²) in [6.45, 7) is 3.47. The van der Waals surface area contributed by atoms with Crippen molar-refractivity contribution in [3.63, 3.8) is 0 Å². The molecule has 4 rings (SSSR count). The van der Waals surface area contributed by atoms with Gasteiger partial charge in [-0.15, -0.1) is 0 Å². The first kappa shape index (κ1) is 25.4. The second-order valence-corrected chi connectivity index (χ2v) is 9.38. The van der Waals surface area contributed by atoms with Crippen LogP contribution in [-0.4, -0.2) is 51.3 Å². The van der Waals surface area contributed by atoms with Gasteiger partial charge in [0.25, 0.3) is 0 Å². The molecule has 0 bridgehead atoms. The molecule has 0 spiro atoms. The Kier molecular flexibility index (Phi) is 8.55. The quantitative estimate of drug-likeness (QED) is 0.337. The Morgan fingerprint density at radius 1 is 0.714 bits per heavy atom. The van der Waals surface area contributed by atoms with Gasteiger partial charge in [0.15, 0.2) is 11.5 Å². The van der Waals surface area contributed by atoms with Gasteiger partial charge in [0.05, 0.1) is 39.1 Å². The Labute approximate surface area is 216 Å². The van der Waals surface area contributed by atoms with Crippen LogP contribution in [0.2, 0.25) is 0 Å². The molecule has 1 saturated heterocycles. The summed E-state index contributed by atoms with van der Waals surface area (Å²) in [6, 6.07) is 20.7. The predicted octanol–water partition coefficient (Wildman–Crippen LogP) is 5.89. The zero-order valence-electron chi connectivity index (χ0n) is 20.8. The van der Waals surface area contributed by atoms with Crippen LogP contribution in [0.4, 0.5) is 0 Å². The maximum atomic E-state index is 5.70. The number of ether oxygens (including phenoxy) is 4. The zero-order chi connectivity index (χ0) is 24.8. The van der Waals surface area contributed by atoms with Crippen molar-refractivity contribution >= 4 is 15.9 Å². The Morgan fingerprint density at radius 2 is 1.23 bits per heavy atom. The van der Waals surface area contributed by atoms with Crippen LogP contribution < -0.4 is 18.9 Å². The largest absolute Gasteiger partial charge is 0.496 e. The van der Waals surface area contributed by atoms with Crippen molar-refractivity contribution < 1.29 is 18.9 Å². The van der Waals surface area contributed by atoms with E-state index in [1.807, 2.05) is 24.3 Å². The minimum absolute atomic E-state index is 0.0229. The van der Waals surface area contributed by atoms with E-state index < -0.39 is 0 Å². The van der Waals surface area contributed by atoms with Crippen LogP contribution in [0.15, 0.2) is 65.1 Å². The highest BCUT2D eigenvalue weighted by molar-refractivity contribution is 9.10. The Hall–Kier alpha value is -2.74. The lowest BCUT2D eigenvalue weighted by Crippen LogP contribution is -2.47. The van der Waals surface area contributed by atoms with Gasteiger partial charge in [-0.25, -0.2) is 0 Å². The number of para-hydroxylation sites is 2. The third-order valence-electron chi connectivity index (χ3n) is 6.47. The summed E-state index contributed by atoms with van der Waals surface area (Å²) in [4.78, 5) is 5.01. The van der Waals surface area contributed by atoms with E-state index in [2.05, 4.69) is 62.1 Å². The number of benzene rings is 3. The fourth-order valence-electron chi connectivity index (χ4n) is 4.90. The predicted molar refractivity (Wildman–Crippen MR) is 141 cm³/mol. The van der Waals surface area contributed by atoms with E-state index >= 15 is 0 Å². The van der Waals surface area contributed by atoms with Crippen LogP contribution in [0, 0.1) is 0 Å². The molecule has 0 atom stereocenters. The Balaban J connectivity index is 1.76. The minimum Gasteiger partial charge on any atom is -0.496 e. The van der Waals surface area contributed by atoms with Gasteiger partial charge in [0.1, 0.15) is 11.5 Å². The second kappa shape index (κ2) is 11.8. The molecular formula is C28H33BrN2O4. The van der Waals surface area contributed by atoms with Crippen LogP contribution in [0.3, 0.4) is 0 Å². The van der Waals surface area contributed by atoms with E-state index in [1.54, 1.807) is 28.4 Å². The molecule has 3 aromatic carbocycles. The van der Waals surface area contributed by atoms with Crippen LogP contribution in [0.1, 0.15) is 29.3 Å². The van der Waals surface area contributed by atoms with Crippen LogP contribution in [-0.2, 0) is 13.1 Å². The molecule has 1 fully saturated rings. The number of methoxy groups -OCH3 is 4. The first-order valence-corrected chi connectivity index (χ1v) is 12.5. The van der Waals surface area contributed by atoms with Crippen molar-refractivity contribution in [3.8, 4) is 23.0 Å². The van der Waals surface area contributed by atoms with E-state index in [4.69, 9.17) is 18.9 Å². The fourth-order valence-corrected chi connectivity index (χ4v) is 5.52. The van der Waals surface area contributed by atoms with Gasteiger partial charge in [-0.3, -0.25) is 9.80 Å². The number of rotatable bonds is 9. The highest BCUT2D eigenvalue weighted by atomic mass is 79.9. The van der Waals surface area contributed by atoms with Gasteiger partial charge in [-0.1, -0.05) is 36.4 Å². The number of hydrogen-bond donors (Lipinski definition) is 0. The normalized spacial score (nSPS) is 15.1. The van der Waals surface area contributed by atoms with Crippen molar-refractivity contribution in [3.05, 3.63) is 81.8 Å². The molecule has 0 unspecified atom stereocenters. The smallest absolute Gasteiger partial charge is 0.174 e. The average Bonchev–Trinajstić information content (AvgIpc) is 2.89. The van der Waals surface area contributed by atoms with Gasteiger partial charge in [0, 0.05) is 37.3 Å². The molecule has 0 saturated carbocycles. The lowest BCUT2D eigenvalue weighted by Gasteiger charge is -2.44. The summed E-state index contributed by atoms with van der Waals surface area (Å²) < 4.78 is 23.5. The summed E-state index contributed by atoms with van der Waals surface area (Å²) in [5, 5.41) is 0. The van der Waals surface area contributed by atoms with E-state index in [0.717, 1.165) is 54.1 Å². The van der Waals surface area contributed by atoms with Gasteiger partial charge in [-0.05, 0) is 52.2 Å². The zero-order valence-corrected chi connectivity index (χ0v) is 22.4. The van der Waals surface area contributed by atoms with E-state index in [1.165, 1.54) is 11.1 Å². The standard InChI is InChI=1S/C28H33BrN2O4/c1-32-24-12-7-5-10-20(24)18-30-14-9-15-31(19-21-11-6-8-13-25(21)33-2)28(30)22-16-23(29)27(35-4)26(17-22)34-3/h5-8,10-13,16-17,28H,9,14-15,18-19H2,1-4H3. The van der Waals surface area contributed by atoms with Crippen molar-refractivity contribution in [2.24, 2.45) is 0 Å². The average molecular weight is 541 g/mol. The van der Waals surface area contributed by atoms with Crippen LogP contribution >= 0.6 is 15.9 Å². The van der Waals surface area contributed by atoms with Crippen molar-refractivity contribution in [2.45, 2.75) is 25.7 Å². The van der Waals surface area contributed by atoms with Crippen LogP contribution in [0.5, 0.6) is 23.0 Å². The Morgan fingerprint density at radius 3 is 1.71 bits per heavy atom. The monoisotopic (exact) mass is 540 g/mol. The number of halogens is 1. The SMILES string of the molecule is COc1ccccc1CN1CCCN(Cc2ccccc2OC)C1c1cc(Br)c(OC)c(OC)c1. The number of hydrogen-bond acceptors (Lipinski definition) is 6. The molecule has 3 aromatic rings. The van der Waals surface area contributed by atoms with Gasteiger partial charge in [0.2, 0.25) is 0 Å². The van der Waals surface area contributed by atoms with Crippen molar-refractivity contribution in [1.82, 2.24) is 9.80 Å². The van der Waals surface area contributed by atoms with Crippen molar-refractivity contribution in [2.75, 3.05) is 41.5 Å². The molecule has 0 radical (unpaired) electrons. The van der Waals surface area contributed by atoms with E-state index in [9.17, 15) is 0 Å². The Bertz CT molecular complexity index is 1080. The third kappa shape index (κ3) is 5.58. The summed E-state index contributed by atoms with van der Waals surface area (Å²) in [5.41, 5.74) is 3.47. The fraction of sp³-hybridized carbons (Fsp3) is 0.357. The minimum atomic E-state index is 0.0229. The van der Waals surface area contributed by atoms with Gasteiger partial charge >= 0.3 is 0 Å². The molecule has 0 aromatic heterocycles. The lowest BCUT2D eigenvalue weighted by molar-refractivity contribution is -0.00993. The van der Waals surface area contributed by atoms with Gasteiger partial charge in [-0.2, -0.15) is 0 Å². The maximum absolute atomic E-state index is 5.70. The van der Waals surface area contributed by atoms with Gasteiger partial charge < -0.3 is 18.9 Å². The summed E-state index contributed by atoms with van der Waals surface area (Å²) >= 11 is 3.70.